The number of rotatable bonds is 1. The van der Waals surface area contributed by atoms with Crippen LogP contribution in [0.2, 0.25) is 0 Å². The fraction of sp³-hybridized carbons (Fsp3) is 0.714. The van der Waals surface area contributed by atoms with E-state index in [4.69, 9.17) is 0 Å². The van der Waals surface area contributed by atoms with E-state index in [0.29, 0.717) is 5.17 Å². The molecule has 1 atom stereocenters. The maximum atomic E-state index is 11.6. The molecule has 2 N–H and O–H groups in total. The molecule has 70 valence electrons. The number of amidine groups is 1. The topological polar surface area (TPSA) is 61.7 Å². The molecule has 13 heavy (non-hydrogen) atoms. The summed E-state index contributed by atoms with van der Waals surface area (Å²) in [4.78, 5) is 15.4. The molecule has 1 amide bonds. The molecule has 1 heterocycles. The normalized spacial score (nSPS) is 28.8. The van der Waals surface area contributed by atoms with Gasteiger partial charge in [0.15, 0.2) is 0 Å². The van der Waals surface area contributed by atoms with Gasteiger partial charge in [-0.2, -0.15) is 0 Å². The first-order valence-electron chi connectivity index (χ1n) is 4.03. The first-order valence-corrected chi connectivity index (χ1v) is 8.96. The second kappa shape index (κ2) is 3.82. The molecular weight excluding hydrogens is 402 g/mol. The quantitative estimate of drug-likeness (QED) is 0.613. The zero-order chi connectivity index (χ0) is 10.3. The summed E-state index contributed by atoms with van der Waals surface area (Å²) in [5, 5.41) is 13.3. The summed E-state index contributed by atoms with van der Waals surface area (Å²) in [6, 6.07) is 0. The van der Waals surface area contributed by atoms with Crippen LogP contribution < -0.4 is 5.32 Å². The average molecular weight is 414 g/mol. The van der Waals surface area contributed by atoms with Crippen molar-refractivity contribution in [1.82, 2.24) is 5.32 Å². The monoisotopic (exact) mass is 414 g/mol. The molecule has 0 aromatic rings. The van der Waals surface area contributed by atoms with E-state index in [9.17, 15) is 9.90 Å². The molecule has 0 fully saturated rings. The standard InChI is InChI=1S/C7H11N2O2S.Ra.H/c1-7(2,11)4-5(10)9-6(8-3)12-4;;/h11H,1-3H3,(H,8,9,10);;. The van der Waals surface area contributed by atoms with Crippen molar-refractivity contribution in [3.63, 3.8) is 0 Å². The fourth-order valence-corrected chi connectivity index (χ4v) is 4.80. The summed E-state index contributed by atoms with van der Waals surface area (Å²) < 4.78 is -0.640. The Kier molecular flexibility index (Phi) is 3.52. The van der Waals surface area contributed by atoms with Crippen molar-refractivity contribution in [1.29, 1.82) is 0 Å². The van der Waals surface area contributed by atoms with E-state index in [1.807, 2.05) is 0 Å². The van der Waals surface area contributed by atoms with Crippen LogP contribution in [0.1, 0.15) is 13.8 Å². The molecule has 0 saturated heterocycles. The van der Waals surface area contributed by atoms with Crippen LogP contribution in [0.3, 0.4) is 0 Å². The van der Waals surface area contributed by atoms with E-state index < -0.39 is 5.39 Å². The predicted molar refractivity (Wildman–Crippen MR) is 49.5 cm³/mol. The van der Waals surface area contributed by atoms with E-state index in [0.717, 1.165) is 0 Å². The Hall–Kier alpha value is 0.918. The molecule has 1 unspecified atom stereocenters. The van der Waals surface area contributed by atoms with Gasteiger partial charge in [-0.3, -0.25) is 0 Å². The second-order valence-corrected chi connectivity index (χ2v) is 14.2. The molecule has 0 saturated carbocycles. The number of carbonyl (C=O) groups is 1. The van der Waals surface area contributed by atoms with Crippen LogP contribution in [0.4, 0.5) is 0 Å². The van der Waals surface area contributed by atoms with Crippen molar-refractivity contribution in [3.05, 3.63) is 0 Å². The van der Waals surface area contributed by atoms with Gasteiger partial charge in [-0.25, -0.2) is 0 Å². The summed E-state index contributed by atoms with van der Waals surface area (Å²) in [6.07, 6.45) is 0. The summed E-state index contributed by atoms with van der Waals surface area (Å²) in [7, 11) is 1.73. The van der Waals surface area contributed by atoms with Gasteiger partial charge in [0, 0.05) is 0 Å². The SMILES string of the molecule is CNC1=NC(=O)[C]([RaH])(C(C)(C)O)S1. The molecular formula is C7H12N2O2RaS. The number of amides is 1. The minimum absolute atomic E-state index is 0.158. The van der Waals surface area contributed by atoms with Gasteiger partial charge in [0.2, 0.25) is 0 Å². The summed E-state index contributed by atoms with van der Waals surface area (Å²) >= 11 is 1.21. The Labute approximate surface area is 111 Å². The molecule has 0 aromatic heterocycles. The summed E-state index contributed by atoms with van der Waals surface area (Å²) in [6.45, 7) is 3.35. The first-order chi connectivity index (χ1) is 5.81. The zero-order valence-corrected chi connectivity index (χ0v) is 17.2. The number of hydrogen-bond donors (Lipinski definition) is 2. The third-order valence-corrected chi connectivity index (χ3v) is 13.2. The van der Waals surface area contributed by atoms with Gasteiger partial charge in [-0.1, -0.05) is 0 Å². The molecule has 4 nitrogen and oxygen atoms in total. The number of carbonyl (C=O) groups excluding carboxylic acids is 1. The number of nitrogens with one attached hydrogen (secondary N) is 1. The number of aliphatic imine (C=N–C) groups is 1. The van der Waals surface area contributed by atoms with Crippen molar-refractivity contribution >= 4 is 22.8 Å². The Morgan fingerprint density at radius 1 is 1.69 bits per heavy atom. The zero-order valence-electron chi connectivity index (χ0n) is 8.21. The van der Waals surface area contributed by atoms with Gasteiger partial charge >= 0.3 is 112 Å². The molecule has 1 aliphatic rings. The van der Waals surface area contributed by atoms with Crippen LogP contribution in [0.15, 0.2) is 4.99 Å². The van der Waals surface area contributed by atoms with Crippen molar-refractivity contribution in [2.75, 3.05) is 7.05 Å². The molecule has 0 spiro atoms. The number of thioether (sulfide) groups is 1. The average Bonchev–Trinajstić information content (AvgIpc) is 2.28. The van der Waals surface area contributed by atoms with E-state index in [2.05, 4.69) is 10.3 Å². The fourth-order valence-electron chi connectivity index (χ4n) is 0.952. The Balaban J connectivity index is 2.95. The number of hydrogen-bond acceptors (Lipinski definition) is 4. The van der Waals surface area contributed by atoms with Gasteiger partial charge in [0.05, 0.1) is 0 Å². The molecule has 1 aliphatic heterocycles. The van der Waals surface area contributed by atoms with Crippen LogP contribution in [0.25, 0.3) is 0 Å². The third kappa shape index (κ3) is 2.12. The Morgan fingerprint density at radius 3 is 2.46 bits per heavy atom. The summed E-state index contributed by atoms with van der Waals surface area (Å²) in [5.74, 6) is -0.181. The van der Waals surface area contributed by atoms with Gasteiger partial charge in [-0.05, 0) is 0 Å². The summed E-state index contributed by atoms with van der Waals surface area (Å²) in [5.41, 5.74) is -0.971. The van der Waals surface area contributed by atoms with Gasteiger partial charge in [-0.15, -0.1) is 0 Å². The molecule has 6 heteroatoms. The van der Waals surface area contributed by atoms with Crippen molar-refractivity contribution in [2.45, 2.75) is 19.2 Å². The van der Waals surface area contributed by atoms with Gasteiger partial charge in [0.1, 0.15) is 0 Å². The van der Waals surface area contributed by atoms with Crippen LogP contribution in [-0.2, 0) is 4.79 Å². The second-order valence-electron chi connectivity index (χ2n) is 3.67. The maximum absolute atomic E-state index is 11.6. The van der Waals surface area contributed by atoms with Crippen LogP contribution in [0.5, 0.6) is 0 Å². The molecule has 1 rings (SSSR count). The molecule has 0 radical (unpaired) electrons. The molecule has 0 aliphatic carbocycles. The number of aliphatic hydroxyl groups is 1. The van der Waals surface area contributed by atoms with Crippen LogP contribution in [-0.4, -0.2) is 28.6 Å². The van der Waals surface area contributed by atoms with E-state index in [1.165, 1.54) is 11.8 Å². The molecule has 0 aromatic carbocycles. The Bertz CT molecular complexity index is 274. The van der Waals surface area contributed by atoms with Crippen LogP contribution in [0, 0.1) is 42.8 Å². The van der Waals surface area contributed by atoms with Crippen molar-refractivity contribution in [2.24, 2.45) is 4.99 Å². The van der Waals surface area contributed by atoms with Crippen LogP contribution >= 0.6 is 11.8 Å². The molecule has 0 bridgehead atoms. The Morgan fingerprint density at radius 2 is 2.23 bits per heavy atom. The number of nitrogens with zero attached hydrogens (tertiary/aromatic N) is 1. The van der Waals surface area contributed by atoms with Crippen molar-refractivity contribution in [3.8, 4) is 0 Å². The predicted octanol–water partition coefficient (Wildman–Crippen LogP) is -0.416. The van der Waals surface area contributed by atoms with Gasteiger partial charge < -0.3 is 0 Å². The van der Waals surface area contributed by atoms with E-state index in [1.54, 1.807) is 20.9 Å². The van der Waals surface area contributed by atoms with E-state index in [-0.39, 0.29) is 48.7 Å². The van der Waals surface area contributed by atoms with Gasteiger partial charge in [0.25, 0.3) is 0 Å². The minimum atomic E-state index is -0.971. The van der Waals surface area contributed by atoms with Crippen molar-refractivity contribution < 1.29 is 52.7 Å². The third-order valence-electron chi connectivity index (χ3n) is 2.29. The van der Waals surface area contributed by atoms with E-state index >= 15 is 0 Å². The first kappa shape index (κ1) is 12.0.